The predicted octanol–water partition coefficient (Wildman–Crippen LogP) is 3.63. The van der Waals surface area contributed by atoms with Gasteiger partial charge in [-0.25, -0.2) is 0 Å². The number of hydrogen-bond donors (Lipinski definition) is 0. The van der Waals surface area contributed by atoms with Crippen molar-refractivity contribution in [3.8, 4) is 0 Å². The molecule has 5 heteroatoms. The monoisotopic (exact) mass is 277 g/mol. The van der Waals surface area contributed by atoms with E-state index in [1.54, 1.807) is 6.07 Å². The van der Waals surface area contributed by atoms with E-state index < -0.39 is 0 Å². The molecule has 3 nitrogen and oxygen atoms in total. The molecular weight excluding hydrogens is 269 g/mol. The quantitative estimate of drug-likeness (QED) is 0.716. The highest BCUT2D eigenvalue weighted by atomic mass is 35.5. The Kier molecular flexibility index (Phi) is 2.94. The highest BCUT2D eigenvalue weighted by molar-refractivity contribution is 6.30. The van der Waals surface area contributed by atoms with E-state index in [1.165, 1.54) is 0 Å². The largest absolute Gasteiger partial charge is 0.285 e. The van der Waals surface area contributed by atoms with Crippen LogP contribution in [0.4, 0.5) is 0 Å². The Morgan fingerprint density at radius 2 is 1.61 bits per heavy atom. The highest BCUT2D eigenvalue weighted by Gasteiger charge is 2.06. The molecular formula is C13H9Cl2N3. The molecule has 0 radical (unpaired) electrons. The van der Waals surface area contributed by atoms with Gasteiger partial charge in [0.15, 0.2) is 5.65 Å². The van der Waals surface area contributed by atoms with Crippen LogP contribution in [0.1, 0.15) is 11.4 Å². The fourth-order valence-electron chi connectivity index (χ4n) is 1.82. The van der Waals surface area contributed by atoms with Gasteiger partial charge in [0, 0.05) is 17.6 Å². The Labute approximate surface area is 114 Å². The Morgan fingerprint density at radius 1 is 0.889 bits per heavy atom. The maximum atomic E-state index is 5.98. The predicted molar refractivity (Wildman–Crippen MR) is 72.3 cm³/mol. The van der Waals surface area contributed by atoms with Gasteiger partial charge in [0.25, 0.3) is 0 Å². The Hall–Kier alpha value is -1.58. The van der Waals surface area contributed by atoms with Crippen LogP contribution in [-0.4, -0.2) is 14.6 Å². The van der Waals surface area contributed by atoms with Crippen molar-refractivity contribution >= 4 is 28.8 Å². The van der Waals surface area contributed by atoms with Crippen LogP contribution in [0.25, 0.3) is 5.65 Å². The van der Waals surface area contributed by atoms with Crippen LogP contribution in [0.15, 0.2) is 42.6 Å². The second kappa shape index (κ2) is 4.59. The molecule has 1 aromatic carbocycles. The van der Waals surface area contributed by atoms with Crippen molar-refractivity contribution in [1.29, 1.82) is 0 Å². The molecule has 0 aliphatic heterocycles. The molecule has 0 saturated carbocycles. The molecule has 2 aromatic heterocycles. The van der Waals surface area contributed by atoms with Crippen molar-refractivity contribution in [2.45, 2.75) is 6.42 Å². The lowest BCUT2D eigenvalue weighted by molar-refractivity contribution is 0.934. The van der Waals surface area contributed by atoms with Gasteiger partial charge in [-0.2, -0.15) is 0 Å². The third kappa shape index (κ3) is 2.19. The molecule has 18 heavy (non-hydrogen) atoms. The maximum absolute atomic E-state index is 5.98. The normalized spacial score (nSPS) is 11.0. The molecule has 0 aliphatic rings. The van der Waals surface area contributed by atoms with Crippen molar-refractivity contribution in [2.75, 3.05) is 0 Å². The average molecular weight is 278 g/mol. The van der Waals surface area contributed by atoms with Gasteiger partial charge in [-0.3, -0.25) is 4.40 Å². The van der Waals surface area contributed by atoms with Crippen molar-refractivity contribution in [3.05, 3.63) is 64.0 Å². The first-order chi connectivity index (χ1) is 8.72. The number of nitrogens with zero attached hydrogens (tertiary/aromatic N) is 3. The molecule has 0 spiro atoms. The molecule has 0 aliphatic carbocycles. The molecule has 90 valence electrons. The minimum Gasteiger partial charge on any atom is -0.285 e. The summed E-state index contributed by atoms with van der Waals surface area (Å²) in [5.74, 6) is 0.856. The third-order valence-corrected chi connectivity index (χ3v) is 3.19. The molecule has 0 N–H and O–H groups in total. The molecule has 2 heterocycles. The van der Waals surface area contributed by atoms with Crippen LogP contribution in [0.3, 0.4) is 0 Å². The second-order valence-electron chi connectivity index (χ2n) is 3.99. The number of aromatic nitrogens is 3. The smallest absolute Gasteiger partial charge is 0.160 e. The van der Waals surface area contributed by atoms with Crippen LogP contribution in [0.2, 0.25) is 10.0 Å². The SMILES string of the molecule is Clc1ccc(Cc2nnc3ccc(Cl)cn23)cc1. The zero-order valence-corrected chi connectivity index (χ0v) is 10.9. The molecule has 0 amide bonds. The topological polar surface area (TPSA) is 30.2 Å². The lowest BCUT2D eigenvalue weighted by Crippen LogP contribution is -1.96. The van der Waals surface area contributed by atoms with Crippen LogP contribution in [0.5, 0.6) is 0 Å². The third-order valence-electron chi connectivity index (χ3n) is 2.71. The minimum atomic E-state index is 0.666. The molecule has 0 atom stereocenters. The number of rotatable bonds is 2. The van der Waals surface area contributed by atoms with Gasteiger partial charge in [-0.15, -0.1) is 10.2 Å². The summed E-state index contributed by atoms with van der Waals surface area (Å²) in [7, 11) is 0. The van der Waals surface area contributed by atoms with Crippen LogP contribution >= 0.6 is 23.2 Å². The minimum absolute atomic E-state index is 0.666. The van der Waals surface area contributed by atoms with E-state index in [9.17, 15) is 0 Å². The van der Waals surface area contributed by atoms with E-state index in [-0.39, 0.29) is 0 Å². The summed E-state index contributed by atoms with van der Waals surface area (Å²) in [4.78, 5) is 0. The standard InChI is InChI=1S/C13H9Cl2N3/c14-10-3-1-9(2-4-10)7-13-17-16-12-6-5-11(15)8-18(12)13/h1-6,8H,7H2. The van der Waals surface area contributed by atoms with E-state index in [0.29, 0.717) is 11.4 Å². The summed E-state index contributed by atoms with van der Waals surface area (Å²) in [5.41, 5.74) is 1.93. The fraction of sp³-hybridized carbons (Fsp3) is 0.0769. The first-order valence-electron chi connectivity index (χ1n) is 5.46. The molecule has 3 aromatic rings. The summed E-state index contributed by atoms with van der Waals surface area (Å²) in [6.07, 6.45) is 2.51. The van der Waals surface area contributed by atoms with Gasteiger partial charge in [-0.1, -0.05) is 35.3 Å². The summed E-state index contributed by atoms with van der Waals surface area (Å²) in [6, 6.07) is 11.3. The van der Waals surface area contributed by atoms with Crippen molar-refractivity contribution < 1.29 is 0 Å². The number of benzene rings is 1. The van der Waals surface area contributed by atoms with E-state index in [1.807, 2.05) is 40.9 Å². The van der Waals surface area contributed by atoms with Crippen LogP contribution < -0.4 is 0 Å². The first kappa shape index (κ1) is 11.5. The number of halogens is 2. The average Bonchev–Trinajstić information content (AvgIpc) is 2.75. The van der Waals surface area contributed by atoms with Gasteiger partial charge in [0.05, 0.1) is 5.02 Å². The second-order valence-corrected chi connectivity index (χ2v) is 4.87. The Morgan fingerprint density at radius 3 is 2.39 bits per heavy atom. The summed E-state index contributed by atoms with van der Waals surface area (Å²) in [6.45, 7) is 0. The first-order valence-corrected chi connectivity index (χ1v) is 6.21. The molecule has 0 saturated heterocycles. The van der Waals surface area contributed by atoms with Crippen molar-refractivity contribution in [1.82, 2.24) is 14.6 Å². The Bertz CT molecular complexity index is 689. The highest BCUT2D eigenvalue weighted by Crippen LogP contribution is 2.15. The van der Waals surface area contributed by atoms with E-state index in [2.05, 4.69) is 10.2 Å². The molecule has 0 unspecified atom stereocenters. The number of fused-ring (bicyclic) bond motifs is 1. The zero-order valence-electron chi connectivity index (χ0n) is 9.35. The number of pyridine rings is 1. The van der Waals surface area contributed by atoms with Gasteiger partial charge in [0.2, 0.25) is 0 Å². The maximum Gasteiger partial charge on any atom is 0.160 e. The van der Waals surface area contributed by atoms with Crippen LogP contribution in [0, 0.1) is 0 Å². The van der Waals surface area contributed by atoms with Gasteiger partial charge >= 0.3 is 0 Å². The van der Waals surface area contributed by atoms with Gasteiger partial charge < -0.3 is 0 Å². The molecule has 0 fully saturated rings. The van der Waals surface area contributed by atoms with Gasteiger partial charge in [-0.05, 0) is 29.8 Å². The van der Waals surface area contributed by atoms with E-state index in [4.69, 9.17) is 23.2 Å². The zero-order chi connectivity index (χ0) is 12.5. The Balaban J connectivity index is 1.99. The summed E-state index contributed by atoms with van der Waals surface area (Å²) < 4.78 is 1.90. The van der Waals surface area contributed by atoms with E-state index in [0.717, 1.165) is 22.1 Å². The van der Waals surface area contributed by atoms with Crippen LogP contribution in [-0.2, 0) is 6.42 Å². The number of hydrogen-bond acceptors (Lipinski definition) is 2. The van der Waals surface area contributed by atoms with Crippen molar-refractivity contribution in [3.63, 3.8) is 0 Å². The molecule has 3 rings (SSSR count). The van der Waals surface area contributed by atoms with Gasteiger partial charge in [0.1, 0.15) is 5.82 Å². The lowest BCUT2D eigenvalue weighted by atomic mass is 10.1. The summed E-state index contributed by atoms with van der Waals surface area (Å²) >= 11 is 11.8. The molecule has 0 bridgehead atoms. The van der Waals surface area contributed by atoms with Crippen molar-refractivity contribution in [2.24, 2.45) is 0 Å². The summed E-state index contributed by atoms with van der Waals surface area (Å²) in [5, 5.41) is 9.67. The lowest BCUT2D eigenvalue weighted by Gasteiger charge is -2.01. The van der Waals surface area contributed by atoms with E-state index >= 15 is 0 Å². The fourth-order valence-corrected chi connectivity index (χ4v) is 2.10.